The van der Waals surface area contributed by atoms with Crippen LogP contribution in [-0.4, -0.2) is 34.6 Å². The van der Waals surface area contributed by atoms with E-state index in [9.17, 15) is 9.90 Å². The number of nitrogens with zero attached hydrogens (tertiary/aromatic N) is 1. The molecule has 1 N–H and O–H groups in total. The quantitative estimate of drug-likeness (QED) is 0.908. The van der Waals surface area contributed by atoms with Crippen molar-refractivity contribution in [2.24, 2.45) is 0 Å². The molecule has 0 radical (unpaired) electrons. The highest BCUT2D eigenvalue weighted by molar-refractivity contribution is 5.89. The summed E-state index contributed by atoms with van der Waals surface area (Å²) < 4.78 is 0. The highest BCUT2D eigenvalue weighted by atomic mass is 16.3. The molecule has 1 aliphatic heterocycles. The molecule has 2 fully saturated rings. The molecule has 0 spiro atoms. The molecule has 3 rings (SSSR count). The molecule has 3 heteroatoms. The molecule has 1 unspecified atom stereocenters. The van der Waals surface area contributed by atoms with Gasteiger partial charge < -0.3 is 10.0 Å². The first-order valence-electron chi connectivity index (χ1n) is 8.02. The molecule has 1 heterocycles. The molecule has 2 aliphatic rings. The molecular formula is C18H25NO2. The van der Waals surface area contributed by atoms with Gasteiger partial charge in [0.25, 0.3) is 0 Å². The molecule has 1 atom stereocenters. The molecule has 1 amide bonds. The van der Waals surface area contributed by atoms with Crippen LogP contribution in [0.1, 0.15) is 50.2 Å². The summed E-state index contributed by atoms with van der Waals surface area (Å²) in [5, 5.41) is 10.3. The van der Waals surface area contributed by atoms with E-state index in [1.807, 2.05) is 17.9 Å². The normalized spacial score (nSPS) is 28.0. The first kappa shape index (κ1) is 14.6. The Kier molecular flexibility index (Phi) is 3.56. The first-order valence-corrected chi connectivity index (χ1v) is 8.02. The smallest absolute Gasteiger partial charge is 0.233 e. The third-order valence-corrected chi connectivity index (χ3v) is 5.15. The van der Waals surface area contributed by atoms with Crippen LogP contribution in [0.15, 0.2) is 24.3 Å². The third-order valence-electron chi connectivity index (χ3n) is 5.15. The molecule has 1 saturated carbocycles. The molecule has 1 saturated heterocycles. The van der Waals surface area contributed by atoms with E-state index in [1.54, 1.807) is 0 Å². The molecule has 21 heavy (non-hydrogen) atoms. The fourth-order valence-electron chi connectivity index (χ4n) is 3.80. The van der Waals surface area contributed by atoms with Crippen molar-refractivity contribution in [2.45, 2.75) is 57.0 Å². The molecular weight excluding hydrogens is 262 g/mol. The Hall–Kier alpha value is -1.35. The maximum absolute atomic E-state index is 13.1. The van der Waals surface area contributed by atoms with Gasteiger partial charge in [-0.3, -0.25) is 4.79 Å². The van der Waals surface area contributed by atoms with E-state index in [2.05, 4.69) is 25.1 Å². The Morgan fingerprint density at radius 2 is 2.00 bits per heavy atom. The minimum atomic E-state index is -0.731. The van der Waals surface area contributed by atoms with Crippen LogP contribution in [0.5, 0.6) is 0 Å². The predicted octanol–water partition coefficient (Wildman–Crippen LogP) is 2.79. The second-order valence-electron chi connectivity index (χ2n) is 7.13. The Morgan fingerprint density at radius 3 is 2.57 bits per heavy atom. The number of piperidine rings is 1. The van der Waals surface area contributed by atoms with Crippen LogP contribution in [0.3, 0.4) is 0 Å². The molecule has 0 aromatic heterocycles. The minimum Gasteiger partial charge on any atom is -0.388 e. The maximum atomic E-state index is 13.1. The highest BCUT2D eigenvalue weighted by Crippen LogP contribution is 2.46. The maximum Gasteiger partial charge on any atom is 0.233 e. The van der Waals surface area contributed by atoms with Crippen LogP contribution < -0.4 is 0 Å². The van der Waals surface area contributed by atoms with Gasteiger partial charge in [-0.05, 0) is 45.1 Å². The second kappa shape index (κ2) is 5.13. The average Bonchev–Trinajstić information content (AvgIpc) is 2.36. The Morgan fingerprint density at radius 1 is 1.24 bits per heavy atom. The summed E-state index contributed by atoms with van der Waals surface area (Å²) in [6.07, 6.45) is 4.67. The number of aliphatic hydroxyl groups is 1. The summed E-state index contributed by atoms with van der Waals surface area (Å²) >= 11 is 0. The molecule has 0 bridgehead atoms. The van der Waals surface area contributed by atoms with Crippen molar-refractivity contribution in [3.8, 4) is 0 Å². The number of amides is 1. The lowest BCUT2D eigenvalue weighted by molar-refractivity contribution is -0.147. The van der Waals surface area contributed by atoms with E-state index < -0.39 is 5.60 Å². The zero-order chi connectivity index (χ0) is 15.1. The number of hydrogen-bond donors (Lipinski definition) is 1. The molecule has 1 aromatic carbocycles. The Bertz CT molecular complexity index is 546. The zero-order valence-corrected chi connectivity index (χ0v) is 13.1. The van der Waals surface area contributed by atoms with Crippen molar-refractivity contribution < 1.29 is 9.90 Å². The lowest BCUT2D eigenvalue weighted by atomic mass is 9.63. The number of likely N-dealkylation sites (tertiary alicyclic amines) is 1. The van der Waals surface area contributed by atoms with Gasteiger partial charge in [0.05, 0.1) is 11.0 Å². The third kappa shape index (κ3) is 2.59. The monoisotopic (exact) mass is 287 g/mol. The van der Waals surface area contributed by atoms with Gasteiger partial charge in [-0.15, -0.1) is 0 Å². The fourth-order valence-corrected chi connectivity index (χ4v) is 3.80. The summed E-state index contributed by atoms with van der Waals surface area (Å²) in [6.45, 7) is 5.17. The van der Waals surface area contributed by atoms with Crippen LogP contribution in [0.2, 0.25) is 0 Å². The molecule has 3 nitrogen and oxygen atoms in total. The van der Waals surface area contributed by atoms with Crippen LogP contribution in [0.4, 0.5) is 0 Å². The van der Waals surface area contributed by atoms with E-state index in [0.29, 0.717) is 6.54 Å². The SMILES string of the molecule is Cc1cccc(C2(C(=O)N3CCCC(C)(O)C3)CCC2)c1. The minimum absolute atomic E-state index is 0.222. The first-order chi connectivity index (χ1) is 9.93. The number of hydrogen-bond acceptors (Lipinski definition) is 2. The van der Waals surface area contributed by atoms with Crippen molar-refractivity contribution in [3.63, 3.8) is 0 Å². The van der Waals surface area contributed by atoms with Crippen molar-refractivity contribution in [2.75, 3.05) is 13.1 Å². The van der Waals surface area contributed by atoms with E-state index >= 15 is 0 Å². The van der Waals surface area contributed by atoms with Gasteiger partial charge in [-0.25, -0.2) is 0 Å². The Balaban J connectivity index is 1.87. The largest absolute Gasteiger partial charge is 0.388 e. The van der Waals surface area contributed by atoms with Gasteiger partial charge in [0.15, 0.2) is 0 Å². The lowest BCUT2D eigenvalue weighted by Crippen LogP contribution is -2.56. The van der Waals surface area contributed by atoms with Gasteiger partial charge in [0.2, 0.25) is 5.91 Å². The standard InChI is InChI=1S/C18H25NO2/c1-14-6-3-7-15(12-14)18(9-4-10-18)16(20)19-11-5-8-17(2,21)13-19/h3,6-7,12,21H,4-5,8-11,13H2,1-2H3. The predicted molar refractivity (Wildman–Crippen MR) is 83.1 cm³/mol. The number of carbonyl (C=O) groups excluding carboxylic acids is 1. The number of rotatable bonds is 2. The topological polar surface area (TPSA) is 40.5 Å². The summed E-state index contributed by atoms with van der Waals surface area (Å²) in [4.78, 5) is 15.0. The average molecular weight is 287 g/mol. The van der Waals surface area contributed by atoms with Crippen LogP contribution >= 0.6 is 0 Å². The molecule has 114 valence electrons. The highest BCUT2D eigenvalue weighted by Gasteiger charge is 2.48. The van der Waals surface area contributed by atoms with Crippen molar-refractivity contribution >= 4 is 5.91 Å². The van der Waals surface area contributed by atoms with E-state index in [1.165, 1.54) is 5.56 Å². The molecule has 1 aliphatic carbocycles. The zero-order valence-electron chi connectivity index (χ0n) is 13.1. The van der Waals surface area contributed by atoms with Crippen molar-refractivity contribution in [1.29, 1.82) is 0 Å². The summed E-state index contributed by atoms with van der Waals surface area (Å²) in [5.74, 6) is 0.222. The number of benzene rings is 1. The number of aryl methyl sites for hydroxylation is 1. The van der Waals surface area contributed by atoms with Crippen LogP contribution in [-0.2, 0) is 10.2 Å². The molecule has 1 aromatic rings. The summed E-state index contributed by atoms with van der Waals surface area (Å²) in [6, 6.07) is 8.36. The van der Waals surface area contributed by atoms with Crippen molar-refractivity contribution in [3.05, 3.63) is 35.4 Å². The van der Waals surface area contributed by atoms with Gasteiger partial charge in [0, 0.05) is 13.1 Å². The second-order valence-corrected chi connectivity index (χ2v) is 7.13. The van der Waals surface area contributed by atoms with Gasteiger partial charge in [-0.1, -0.05) is 36.2 Å². The van der Waals surface area contributed by atoms with Gasteiger partial charge in [0.1, 0.15) is 0 Å². The summed E-state index contributed by atoms with van der Waals surface area (Å²) in [7, 11) is 0. The fraction of sp³-hybridized carbons (Fsp3) is 0.611. The number of β-amino-alcohol motifs (C(OH)–C–C–N with tert-alkyl or cyclic N) is 1. The van der Waals surface area contributed by atoms with Crippen molar-refractivity contribution in [1.82, 2.24) is 4.90 Å². The van der Waals surface area contributed by atoms with Crippen LogP contribution in [0.25, 0.3) is 0 Å². The Labute approximate surface area is 127 Å². The van der Waals surface area contributed by atoms with Crippen LogP contribution in [0, 0.1) is 6.92 Å². The van der Waals surface area contributed by atoms with Gasteiger partial charge >= 0.3 is 0 Å². The number of carbonyl (C=O) groups is 1. The van der Waals surface area contributed by atoms with E-state index in [4.69, 9.17) is 0 Å². The lowest BCUT2D eigenvalue weighted by Gasteiger charge is -2.47. The summed E-state index contributed by atoms with van der Waals surface area (Å²) in [5.41, 5.74) is 1.30. The van der Waals surface area contributed by atoms with Gasteiger partial charge in [-0.2, -0.15) is 0 Å². The van der Waals surface area contributed by atoms with E-state index in [-0.39, 0.29) is 11.3 Å². The van der Waals surface area contributed by atoms with E-state index in [0.717, 1.165) is 44.2 Å².